The third-order valence-electron chi connectivity index (χ3n) is 6.24. The quantitative estimate of drug-likeness (QED) is 0.418. The SMILES string of the molecule is COc1ccccc1-n1cc(C)c2ncc(C(=O)N3CCC(Oc4ccc(Cl)cc4)CC3)n2c1=O. The minimum absolute atomic E-state index is 0.00688. The number of para-hydroxylation sites is 2. The number of methoxy groups -OCH3 is 1. The minimum Gasteiger partial charge on any atom is -0.495 e. The standard InChI is InChI=1S/C26H25ClN4O4/c1-17-16-30(21-5-3-4-6-23(21)34-2)26(33)31-22(15-28-24(17)31)25(32)29-13-11-20(12-14-29)35-19-9-7-18(27)8-10-19/h3-10,15-16,20H,11-14H2,1-2H3. The molecular formula is C26H25ClN4O4. The number of fused-ring (bicyclic) bond motifs is 1. The van der Waals surface area contributed by atoms with Crippen molar-refractivity contribution >= 4 is 23.2 Å². The van der Waals surface area contributed by atoms with Crippen LogP contribution in [0, 0.1) is 6.92 Å². The molecule has 8 nitrogen and oxygen atoms in total. The molecule has 2 aromatic carbocycles. The number of amides is 1. The normalized spacial score (nSPS) is 14.3. The van der Waals surface area contributed by atoms with Crippen LogP contribution in [0.3, 0.4) is 0 Å². The number of hydrogen-bond donors (Lipinski definition) is 0. The highest BCUT2D eigenvalue weighted by Gasteiger charge is 2.28. The van der Waals surface area contributed by atoms with E-state index in [4.69, 9.17) is 21.1 Å². The lowest BCUT2D eigenvalue weighted by Gasteiger charge is -2.32. The Hall–Kier alpha value is -3.78. The number of aryl methyl sites for hydroxylation is 1. The lowest BCUT2D eigenvalue weighted by molar-refractivity contribution is 0.0588. The third-order valence-corrected chi connectivity index (χ3v) is 6.50. The van der Waals surface area contributed by atoms with Gasteiger partial charge in [-0.1, -0.05) is 23.7 Å². The van der Waals surface area contributed by atoms with Crippen molar-refractivity contribution in [1.82, 2.24) is 18.9 Å². The second-order valence-electron chi connectivity index (χ2n) is 8.50. The van der Waals surface area contributed by atoms with Gasteiger partial charge in [-0.2, -0.15) is 0 Å². The molecule has 1 aliphatic heterocycles. The summed E-state index contributed by atoms with van der Waals surface area (Å²) in [5.74, 6) is 1.09. The molecular weight excluding hydrogens is 468 g/mol. The van der Waals surface area contributed by atoms with Gasteiger partial charge in [-0.25, -0.2) is 14.2 Å². The van der Waals surface area contributed by atoms with Crippen LogP contribution in [0.1, 0.15) is 28.9 Å². The zero-order chi connectivity index (χ0) is 24.5. The fourth-order valence-corrected chi connectivity index (χ4v) is 4.56. The van der Waals surface area contributed by atoms with Crippen molar-refractivity contribution in [2.45, 2.75) is 25.9 Å². The first-order chi connectivity index (χ1) is 17.0. The van der Waals surface area contributed by atoms with Crippen molar-refractivity contribution in [1.29, 1.82) is 0 Å². The number of likely N-dealkylation sites (tertiary alicyclic amines) is 1. The molecule has 1 aliphatic rings. The summed E-state index contributed by atoms with van der Waals surface area (Å²) in [7, 11) is 1.56. The summed E-state index contributed by atoms with van der Waals surface area (Å²) >= 11 is 5.94. The van der Waals surface area contributed by atoms with Crippen molar-refractivity contribution < 1.29 is 14.3 Å². The van der Waals surface area contributed by atoms with Crippen LogP contribution >= 0.6 is 11.6 Å². The van der Waals surface area contributed by atoms with E-state index < -0.39 is 0 Å². The van der Waals surface area contributed by atoms with E-state index in [0.717, 1.165) is 11.3 Å². The van der Waals surface area contributed by atoms with E-state index in [1.165, 1.54) is 15.2 Å². The van der Waals surface area contributed by atoms with Crippen molar-refractivity contribution in [2.75, 3.05) is 20.2 Å². The summed E-state index contributed by atoms with van der Waals surface area (Å²) < 4.78 is 14.4. The number of aromatic nitrogens is 3. The Morgan fingerprint density at radius 2 is 1.80 bits per heavy atom. The first-order valence-electron chi connectivity index (χ1n) is 11.4. The average molecular weight is 493 g/mol. The van der Waals surface area contributed by atoms with Gasteiger partial charge < -0.3 is 14.4 Å². The number of halogens is 1. The molecule has 0 saturated carbocycles. The molecule has 4 aromatic rings. The number of piperidine rings is 1. The molecule has 35 heavy (non-hydrogen) atoms. The van der Waals surface area contributed by atoms with Crippen LogP contribution in [0.15, 0.2) is 65.7 Å². The molecule has 0 N–H and O–H groups in total. The number of carbonyl (C=O) groups is 1. The second-order valence-corrected chi connectivity index (χ2v) is 8.94. The summed E-state index contributed by atoms with van der Waals surface area (Å²) in [6.45, 7) is 2.91. The van der Waals surface area contributed by atoms with Gasteiger partial charge >= 0.3 is 5.69 Å². The molecule has 1 fully saturated rings. The van der Waals surface area contributed by atoms with Crippen LogP contribution in [0.5, 0.6) is 11.5 Å². The number of imidazole rings is 1. The molecule has 5 rings (SSSR count). The molecule has 0 bridgehead atoms. The second kappa shape index (κ2) is 9.46. The summed E-state index contributed by atoms with van der Waals surface area (Å²) in [5, 5.41) is 0.658. The molecule has 0 spiro atoms. The predicted octanol–water partition coefficient (Wildman–Crippen LogP) is 4.14. The fourth-order valence-electron chi connectivity index (χ4n) is 4.43. The van der Waals surface area contributed by atoms with Crippen LogP contribution in [0.25, 0.3) is 11.3 Å². The molecule has 0 unspecified atom stereocenters. The number of rotatable bonds is 5. The molecule has 0 atom stereocenters. The van der Waals surface area contributed by atoms with Crippen LogP contribution in [-0.4, -0.2) is 51.1 Å². The van der Waals surface area contributed by atoms with E-state index in [1.807, 2.05) is 31.2 Å². The monoisotopic (exact) mass is 492 g/mol. The number of carbonyl (C=O) groups excluding carboxylic acids is 1. The minimum atomic E-state index is -0.378. The van der Waals surface area contributed by atoms with E-state index >= 15 is 0 Å². The van der Waals surface area contributed by atoms with Crippen molar-refractivity contribution in [2.24, 2.45) is 0 Å². The first kappa shape index (κ1) is 23.0. The smallest absolute Gasteiger partial charge is 0.339 e. The number of ether oxygens (including phenoxy) is 2. The zero-order valence-electron chi connectivity index (χ0n) is 19.5. The number of hydrogen-bond acceptors (Lipinski definition) is 5. The lowest BCUT2D eigenvalue weighted by atomic mass is 10.1. The lowest BCUT2D eigenvalue weighted by Crippen LogP contribution is -2.43. The number of benzene rings is 2. The third kappa shape index (κ3) is 4.37. The van der Waals surface area contributed by atoms with E-state index in [-0.39, 0.29) is 23.4 Å². The summed E-state index contributed by atoms with van der Waals surface area (Å²) in [6, 6.07) is 14.5. The van der Waals surface area contributed by atoms with E-state index in [0.29, 0.717) is 48.0 Å². The van der Waals surface area contributed by atoms with Crippen LogP contribution in [0.2, 0.25) is 5.02 Å². The molecule has 9 heteroatoms. The Morgan fingerprint density at radius 1 is 1.09 bits per heavy atom. The maximum absolute atomic E-state index is 13.5. The highest BCUT2D eigenvalue weighted by atomic mass is 35.5. The van der Waals surface area contributed by atoms with E-state index in [2.05, 4.69) is 4.98 Å². The van der Waals surface area contributed by atoms with Gasteiger partial charge in [-0.3, -0.25) is 9.36 Å². The predicted molar refractivity (Wildman–Crippen MR) is 133 cm³/mol. The Bertz CT molecular complexity index is 1440. The summed E-state index contributed by atoms with van der Waals surface area (Å²) in [5.41, 5.74) is 1.69. The van der Waals surface area contributed by atoms with Crippen LogP contribution < -0.4 is 15.2 Å². The molecule has 0 aliphatic carbocycles. The van der Waals surface area contributed by atoms with Gasteiger partial charge in [0, 0.05) is 42.7 Å². The van der Waals surface area contributed by atoms with Crippen molar-refractivity contribution in [3.63, 3.8) is 0 Å². The molecule has 0 radical (unpaired) electrons. The Morgan fingerprint density at radius 3 is 2.51 bits per heavy atom. The molecule has 1 amide bonds. The van der Waals surface area contributed by atoms with Gasteiger partial charge in [0.15, 0.2) is 0 Å². The van der Waals surface area contributed by atoms with Crippen LogP contribution in [-0.2, 0) is 0 Å². The number of nitrogens with zero attached hydrogens (tertiary/aromatic N) is 4. The topological polar surface area (TPSA) is 78.1 Å². The Kier molecular flexibility index (Phi) is 6.21. The zero-order valence-corrected chi connectivity index (χ0v) is 20.2. The average Bonchev–Trinajstić information content (AvgIpc) is 3.34. The molecule has 1 saturated heterocycles. The highest BCUT2D eigenvalue weighted by molar-refractivity contribution is 6.30. The van der Waals surface area contributed by atoms with E-state index in [1.54, 1.807) is 42.5 Å². The Balaban J connectivity index is 1.40. The summed E-state index contributed by atoms with van der Waals surface area (Å²) in [6.07, 6.45) is 4.59. The molecule has 2 aromatic heterocycles. The van der Waals surface area contributed by atoms with Gasteiger partial charge in [0.25, 0.3) is 5.91 Å². The maximum atomic E-state index is 13.5. The summed E-state index contributed by atoms with van der Waals surface area (Å²) in [4.78, 5) is 33.1. The van der Waals surface area contributed by atoms with Crippen LogP contribution in [0.4, 0.5) is 0 Å². The van der Waals surface area contributed by atoms with Gasteiger partial charge in [0.05, 0.1) is 19.0 Å². The van der Waals surface area contributed by atoms with Gasteiger partial charge in [0.2, 0.25) is 0 Å². The first-order valence-corrected chi connectivity index (χ1v) is 11.8. The fraction of sp³-hybridized carbons (Fsp3) is 0.269. The van der Waals surface area contributed by atoms with E-state index in [9.17, 15) is 9.59 Å². The maximum Gasteiger partial charge on any atom is 0.339 e. The largest absolute Gasteiger partial charge is 0.495 e. The molecule has 3 heterocycles. The molecule has 180 valence electrons. The highest BCUT2D eigenvalue weighted by Crippen LogP contribution is 2.24. The van der Waals surface area contributed by atoms with Gasteiger partial charge in [-0.15, -0.1) is 0 Å². The van der Waals surface area contributed by atoms with Gasteiger partial charge in [0.1, 0.15) is 28.9 Å². The van der Waals surface area contributed by atoms with Crippen molar-refractivity contribution in [3.05, 3.63) is 87.7 Å². The van der Waals surface area contributed by atoms with Gasteiger partial charge in [-0.05, 0) is 43.3 Å². The van der Waals surface area contributed by atoms with Crippen molar-refractivity contribution in [3.8, 4) is 17.2 Å². The Labute approximate surface area is 207 Å².